The Labute approximate surface area is 294 Å². The number of hydrogen-bond acceptors (Lipinski definition) is 11. The van der Waals surface area contributed by atoms with Gasteiger partial charge in [-0.15, -0.1) is 10.2 Å². The minimum absolute atomic E-state index is 0.0379. The highest BCUT2D eigenvalue weighted by molar-refractivity contribution is 8.26. The smallest absolute Gasteiger partial charge is 0.285 e. The molecule has 3 aromatic carbocycles. The van der Waals surface area contributed by atoms with Crippen LogP contribution in [-0.2, 0) is 22.6 Å². The van der Waals surface area contributed by atoms with Crippen LogP contribution in [0, 0.1) is 0 Å². The number of amides is 2. The number of nitrogens with one attached hydrogen (secondary N) is 2. The fourth-order valence-electron chi connectivity index (χ4n) is 4.59. The number of phenols is 1. The number of aromatic nitrogens is 3. The maximum atomic E-state index is 13.1. The highest BCUT2D eigenvalue weighted by atomic mass is 35.5. The Balaban J connectivity index is 1.24. The summed E-state index contributed by atoms with van der Waals surface area (Å²) in [5.41, 5.74) is 5.51. The largest absolute Gasteiger partial charge is 0.502 e. The number of hydrogen-bond donors (Lipinski definition) is 3. The van der Waals surface area contributed by atoms with Gasteiger partial charge in [0, 0.05) is 18.7 Å². The Bertz CT molecular complexity index is 1840. The number of hydrazine groups is 1. The highest BCUT2D eigenvalue weighted by Crippen LogP contribution is 2.39. The number of benzene rings is 3. The number of nitrogens with zero attached hydrogens (tertiary/aromatic N) is 4. The van der Waals surface area contributed by atoms with E-state index in [9.17, 15) is 14.7 Å². The van der Waals surface area contributed by atoms with Crippen molar-refractivity contribution in [2.45, 2.75) is 25.0 Å². The Morgan fingerprint density at radius 3 is 2.43 bits per heavy atom. The molecule has 0 unspecified atom stereocenters. The molecule has 47 heavy (non-hydrogen) atoms. The predicted octanol–water partition coefficient (Wildman–Crippen LogP) is 6.69. The molecule has 16 heteroatoms. The molecular formula is C31H28Cl2N6O5S3. The molecule has 3 N–H and O–H groups in total. The SMILES string of the molecule is CCn1c(Cc2ccccc2Nc2c(Cl)cccc2Cl)nnc1SCC(=O)NN1C(=O)/C(=C/c2cc(OC)c(O)c(OC)c2)SC1=S. The van der Waals surface area contributed by atoms with E-state index in [-0.39, 0.29) is 32.2 Å². The van der Waals surface area contributed by atoms with Crippen molar-refractivity contribution in [3.8, 4) is 17.2 Å². The Kier molecular flexibility index (Phi) is 11.2. The molecule has 0 spiro atoms. The number of halogens is 2. The summed E-state index contributed by atoms with van der Waals surface area (Å²) >= 11 is 20.4. The topological polar surface area (TPSA) is 131 Å². The molecule has 4 aromatic rings. The number of methoxy groups -OCH3 is 2. The zero-order valence-corrected chi connectivity index (χ0v) is 29.2. The third-order valence-electron chi connectivity index (χ3n) is 6.86. The zero-order chi connectivity index (χ0) is 33.7. The molecule has 1 aromatic heterocycles. The highest BCUT2D eigenvalue weighted by Gasteiger charge is 2.34. The first-order valence-corrected chi connectivity index (χ1v) is 17.0. The second-order valence-electron chi connectivity index (χ2n) is 9.81. The van der Waals surface area contributed by atoms with Crippen LogP contribution in [0.5, 0.6) is 17.2 Å². The van der Waals surface area contributed by atoms with E-state index in [1.165, 1.54) is 26.0 Å². The van der Waals surface area contributed by atoms with Gasteiger partial charge in [-0.05, 0) is 66.7 Å². The Hall–Kier alpha value is -3.95. The lowest BCUT2D eigenvalue weighted by atomic mass is 10.1. The molecule has 0 bridgehead atoms. The van der Waals surface area contributed by atoms with Crippen LogP contribution in [0.3, 0.4) is 0 Å². The van der Waals surface area contributed by atoms with Crippen molar-refractivity contribution in [3.05, 3.63) is 86.5 Å². The molecule has 0 saturated carbocycles. The maximum absolute atomic E-state index is 13.1. The Morgan fingerprint density at radius 1 is 1.09 bits per heavy atom. The van der Waals surface area contributed by atoms with E-state index in [0.29, 0.717) is 45.2 Å². The van der Waals surface area contributed by atoms with Crippen molar-refractivity contribution >= 4 is 92.5 Å². The van der Waals surface area contributed by atoms with Gasteiger partial charge in [0.05, 0.1) is 40.6 Å². The predicted molar refractivity (Wildman–Crippen MR) is 190 cm³/mol. The van der Waals surface area contributed by atoms with Crippen LogP contribution in [0.4, 0.5) is 11.4 Å². The van der Waals surface area contributed by atoms with Crippen molar-refractivity contribution in [1.29, 1.82) is 0 Å². The molecule has 0 radical (unpaired) electrons. The van der Waals surface area contributed by atoms with Gasteiger partial charge < -0.3 is 24.5 Å². The molecule has 1 saturated heterocycles. The fourth-order valence-corrected chi connectivity index (χ4v) is 7.08. The van der Waals surface area contributed by atoms with E-state index >= 15 is 0 Å². The third-order valence-corrected chi connectivity index (χ3v) is 9.76. The van der Waals surface area contributed by atoms with Crippen molar-refractivity contribution in [1.82, 2.24) is 25.2 Å². The van der Waals surface area contributed by atoms with Gasteiger partial charge in [-0.2, -0.15) is 5.01 Å². The number of ether oxygens (including phenoxy) is 2. The number of phenolic OH excluding ortho intramolecular Hbond substituents is 1. The summed E-state index contributed by atoms with van der Waals surface area (Å²) in [5, 5.41) is 24.8. The van der Waals surface area contributed by atoms with Gasteiger partial charge in [0.15, 0.2) is 21.0 Å². The standard InChI is InChI=1S/C31H28Cl2N6O5S3/c1-4-38-25(15-18-8-5-6-11-21(18)34-27-19(32)9-7-10-20(27)33)35-36-30(38)46-16-26(40)37-39-29(42)24(47-31(39)45)14-17-12-22(43-2)28(41)23(13-17)44-3/h5-14,34,41H,4,15-16H2,1-3H3,(H,37,40)/b24-14-. The first-order chi connectivity index (χ1) is 22.6. The molecular weight excluding hydrogens is 703 g/mol. The summed E-state index contributed by atoms with van der Waals surface area (Å²) in [5.74, 6) is -0.0584. The van der Waals surface area contributed by atoms with Crippen molar-refractivity contribution in [2.75, 3.05) is 25.3 Å². The monoisotopic (exact) mass is 730 g/mol. The molecule has 2 amide bonds. The van der Waals surface area contributed by atoms with Crippen molar-refractivity contribution in [3.63, 3.8) is 0 Å². The molecule has 1 aliphatic heterocycles. The van der Waals surface area contributed by atoms with Gasteiger partial charge in [-0.1, -0.05) is 71.0 Å². The first-order valence-electron chi connectivity index (χ1n) is 14.0. The van der Waals surface area contributed by atoms with E-state index in [1.807, 2.05) is 35.8 Å². The molecule has 11 nitrogen and oxygen atoms in total. The summed E-state index contributed by atoms with van der Waals surface area (Å²) in [4.78, 5) is 26.4. The van der Waals surface area contributed by atoms with Gasteiger partial charge in [-0.25, -0.2) is 0 Å². The van der Waals surface area contributed by atoms with Crippen LogP contribution < -0.4 is 20.2 Å². The van der Waals surface area contributed by atoms with Gasteiger partial charge in [0.1, 0.15) is 5.82 Å². The molecule has 2 heterocycles. The van der Waals surface area contributed by atoms with Gasteiger partial charge in [0.2, 0.25) is 11.7 Å². The summed E-state index contributed by atoms with van der Waals surface area (Å²) in [6.45, 7) is 2.54. The minimum atomic E-state index is -0.492. The van der Waals surface area contributed by atoms with E-state index < -0.39 is 11.8 Å². The van der Waals surface area contributed by atoms with E-state index in [0.717, 1.165) is 28.0 Å². The number of anilines is 2. The van der Waals surface area contributed by atoms with Crippen LogP contribution >= 0.6 is 58.9 Å². The first kappa shape index (κ1) is 34.4. The molecule has 0 aliphatic carbocycles. The normalized spacial score (nSPS) is 13.7. The second kappa shape index (κ2) is 15.3. The van der Waals surface area contributed by atoms with E-state index in [1.54, 1.807) is 36.4 Å². The fraction of sp³-hybridized carbons (Fsp3) is 0.194. The average molecular weight is 732 g/mol. The lowest BCUT2D eigenvalue weighted by molar-refractivity contribution is -0.131. The Morgan fingerprint density at radius 2 is 1.77 bits per heavy atom. The summed E-state index contributed by atoms with van der Waals surface area (Å²) in [6, 6.07) is 16.2. The van der Waals surface area contributed by atoms with Crippen molar-refractivity contribution in [2.24, 2.45) is 0 Å². The number of thioether (sulfide) groups is 2. The van der Waals surface area contributed by atoms with Crippen LogP contribution in [0.2, 0.25) is 10.0 Å². The number of aromatic hydroxyl groups is 1. The average Bonchev–Trinajstić information content (AvgIpc) is 3.57. The molecule has 1 fully saturated rings. The quantitative estimate of drug-likeness (QED) is 0.0819. The molecule has 1 aliphatic rings. The number of rotatable bonds is 12. The van der Waals surface area contributed by atoms with Gasteiger partial charge in [0.25, 0.3) is 5.91 Å². The minimum Gasteiger partial charge on any atom is -0.502 e. The summed E-state index contributed by atoms with van der Waals surface area (Å²) in [7, 11) is 2.82. The van der Waals surface area contributed by atoms with E-state index in [2.05, 4.69) is 20.9 Å². The van der Waals surface area contributed by atoms with Crippen molar-refractivity contribution < 1.29 is 24.2 Å². The maximum Gasteiger partial charge on any atom is 0.285 e. The van der Waals surface area contributed by atoms with Crippen LogP contribution in [0.25, 0.3) is 6.08 Å². The molecule has 244 valence electrons. The lowest BCUT2D eigenvalue weighted by Crippen LogP contribution is -2.45. The summed E-state index contributed by atoms with van der Waals surface area (Å²) in [6.07, 6.45) is 2.03. The van der Waals surface area contributed by atoms with Crippen LogP contribution in [-0.4, -0.2) is 61.0 Å². The second-order valence-corrected chi connectivity index (χ2v) is 13.2. The third kappa shape index (κ3) is 7.79. The lowest BCUT2D eigenvalue weighted by Gasteiger charge is -2.16. The number of para-hydroxylation sites is 2. The number of carbonyl (C=O) groups excluding carboxylic acids is 2. The van der Waals surface area contributed by atoms with Gasteiger partial charge >= 0.3 is 0 Å². The molecule has 0 atom stereocenters. The molecule has 5 rings (SSSR count). The zero-order valence-electron chi connectivity index (χ0n) is 25.2. The van der Waals surface area contributed by atoms with E-state index in [4.69, 9.17) is 44.9 Å². The number of thiocarbonyl (C=S) groups is 1. The van der Waals surface area contributed by atoms with Crippen LogP contribution in [0.1, 0.15) is 23.9 Å². The number of carbonyl (C=O) groups is 2. The summed E-state index contributed by atoms with van der Waals surface area (Å²) < 4.78 is 12.5. The van der Waals surface area contributed by atoms with Crippen LogP contribution in [0.15, 0.2) is 64.7 Å². The van der Waals surface area contributed by atoms with Gasteiger partial charge in [-0.3, -0.25) is 15.0 Å².